The van der Waals surface area contributed by atoms with E-state index in [1.807, 2.05) is 0 Å². The van der Waals surface area contributed by atoms with E-state index in [2.05, 4.69) is 45.9 Å². The van der Waals surface area contributed by atoms with Gasteiger partial charge in [0.05, 0.1) is 12.1 Å². The van der Waals surface area contributed by atoms with Crippen molar-refractivity contribution in [2.45, 2.75) is 64.5 Å². The molecular formula is C17H28BrNOS. The van der Waals surface area contributed by atoms with Gasteiger partial charge in [0, 0.05) is 16.5 Å². The molecule has 1 N–H and O–H groups in total. The Balaban J connectivity index is 2.19. The van der Waals surface area contributed by atoms with Crippen LogP contribution in [0.25, 0.3) is 0 Å². The Kier molecular flexibility index (Phi) is 7.72. The molecule has 1 aromatic rings. The minimum absolute atomic E-state index is 0.299. The first kappa shape index (κ1) is 17.5. The fourth-order valence-corrected chi connectivity index (χ4v) is 4.96. The standard InChI is InChI=1S/C17H28BrNOS/c1-3-10-19-16(14-11-21-12-15(14)18)17(20-4-2)13-8-6-5-7-9-13/h11-13,16-17,19H,3-10H2,1-2H3. The van der Waals surface area contributed by atoms with Crippen molar-refractivity contribution in [3.63, 3.8) is 0 Å². The van der Waals surface area contributed by atoms with Crippen LogP contribution in [0.1, 0.15) is 64.0 Å². The molecule has 1 fully saturated rings. The molecule has 1 aliphatic carbocycles. The smallest absolute Gasteiger partial charge is 0.0798 e. The first-order chi connectivity index (χ1) is 10.3. The summed E-state index contributed by atoms with van der Waals surface area (Å²) >= 11 is 5.48. The van der Waals surface area contributed by atoms with Crippen molar-refractivity contribution in [1.29, 1.82) is 0 Å². The molecule has 4 heteroatoms. The highest BCUT2D eigenvalue weighted by atomic mass is 79.9. The zero-order valence-corrected chi connectivity index (χ0v) is 15.6. The monoisotopic (exact) mass is 373 g/mol. The van der Waals surface area contributed by atoms with Crippen molar-refractivity contribution in [3.8, 4) is 0 Å². The molecule has 2 atom stereocenters. The quantitative estimate of drug-likeness (QED) is 0.645. The van der Waals surface area contributed by atoms with Gasteiger partial charge in [0.2, 0.25) is 0 Å². The third-order valence-electron chi connectivity index (χ3n) is 4.39. The molecule has 21 heavy (non-hydrogen) atoms. The van der Waals surface area contributed by atoms with Gasteiger partial charge in [-0.25, -0.2) is 0 Å². The van der Waals surface area contributed by atoms with Crippen molar-refractivity contribution in [2.24, 2.45) is 5.92 Å². The molecule has 2 nitrogen and oxygen atoms in total. The van der Waals surface area contributed by atoms with Crippen molar-refractivity contribution < 1.29 is 4.74 Å². The molecule has 0 aromatic carbocycles. The van der Waals surface area contributed by atoms with Gasteiger partial charge in [-0.3, -0.25) is 0 Å². The van der Waals surface area contributed by atoms with E-state index < -0.39 is 0 Å². The van der Waals surface area contributed by atoms with Gasteiger partial charge in [0.1, 0.15) is 0 Å². The Labute approximate surface area is 141 Å². The molecule has 2 rings (SSSR count). The Morgan fingerprint density at radius 1 is 1.29 bits per heavy atom. The summed E-state index contributed by atoms with van der Waals surface area (Å²) < 4.78 is 7.46. The third kappa shape index (κ3) is 4.78. The second-order valence-corrected chi connectivity index (χ2v) is 7.52. The van der Waals surface area contributed by atoms with Gasteiger partial charge < -0.3 is 10.1 Å². The molecular weight excluding hydrogens is 346 g/mol. The Bertz CT molecular complexity index is 403. The zero-order chi connectivity index (χ0) is 15.1. The second-order valence-electron chi connectivity index (χ2n) is 5.92. The normalized spacial score (nSPS) is 19.6. The van der Waals surface area contributed by atoms with E-state index >= 15 is 0 Å². The third-order valence-corrected chi connectivity index (χ3v) is 6.15. The number of halogens is 1. The van der Waals surface area contributed by atoms with E-state index in [9.17, 15) is 0 Å². The van der Waals surface area contributed by atoms with E-state index in [1.165, 1.54) is 42.1 Å². The molecule has 2 unspecified atom stereocenters. The van der Waals surface area contributed by atoms with Crippen LogP contribution in [0, 0.1) is 5.92 Å². The zero-order valence-electron chi connectivity index (χ0n) is 13.2. The molecule has 0 bridgehead atoms. The topological polar surface area (TPSA) is 21.3 Å². The lowest BCUT2D eigenvalue weighted by atomic mass is 9.81. The Morgan fingerprint density at radius 2 is 2.05 bits per heavy atom. The van der Waals surface area contributed by atoms with Gasteiger partial charge in [-0.2, -0.15) is 11.3 Å². The molecule has 1 saturated carbocycles. The van der Waals surface area contributed by atoms with Gasteiger partial charge in [-0.15, -0.1) is 0 Å². The average molecular weight is 374 g/mol. The number of hydrogen-bond donors (Lipinski definition) is 1. The molecule has 1 heterocycles. The lowest BCUT2D eigenvalue weighted by Gasteiger charge is -2.36. The van der Waals surface area contributed by atoms with E-state index in [-0.39, 0.29) is 0 Å². The van der Waals surface area contributed by atoms with Gasteiger partial charge in [-0.05, 0) is 65.5 Å². The van der Waals surface area contributed by atoms with Crippen molar-refractivity contribution >= 4 is 27.3 Å². The summed E-state index contributed by atoms with van der Waals surface area (Å²) in [5.41, 5.74) is 1.37. The molecule has 0 saturated heterocycles. The van der Waals surface area contributed by atoms with Gasteiger partial charge >= 0.3 is 0 Å². The minimum Gasteiger partial charge on any atom is -0.376 e. The van der Waals surface area contributed by atoms with Crippen LogP contribution >= 0.6 is 27.3 Å². The largest absolute Gasteiger partial charge is 0.376 e. The van der Waals surface area contributed by atoms with E-state index in [0.717, 1.165) is 19.6 Å². The van der Waals surface area contributed by atoms with Crippen molar-refractivity contribution in [3.05, 3.63) is 20.8 Å². The maximum atomic E-state index is 6.24. The van der Waals surface area contributed by atoms with Crippen LogP contribution in [0.2, 0.25) is 0 Å². The summed E-state index contributed by atoms with van der Waals surface area (Å²) in [6.07, 6.45) is 8.20. The van der Waals surface area contributed by atoms with Gasteiger partial charge in [0.25, 0.3) is 0 Å². The molecule has 120 valence electrons. The molecule has 0 amide bonds. The van der Waals surface area contributed by atoms with Crippen LogP contribution in [0.5, 0.6) is 0 Å². The van der Waals surface area contributed by atoms with Crippen LogP contribution in [0.4, 0.5) is 0 Å². The highest BCUT2D eigenvalue weighted by Gasteiger charge is 2.33. The van der Waals surface area contributed by atoms with E-state index in [0.29, 0.717) is 18.1 Å². The first-order valence-electron chi connectivity index (χ1n) is 8.34. The summed E-state index contributed by atoms with van der Waals surface area (Å²) in [5.74, 6) is 0.694. The van der Waals surface area contributed by atoms with E-state index in [1.54, 1.807) is 11.3 Å². The summed E-state index contributed by atoms with van der Waals surface area (Å²) in [6, 6.07) is 0.314. The predicted octanol–water partition coefficient (Wildman–Crippen LogP) is 5.54. The van der Waals surface area contributed by atoms with Gasteiger partial charge in [0.15, 0.2) is 0 Å². The number of ether oxygens (including phenoxy) is 1. The maximum Gasteiger partial charge on any atom is 0.0798 e. The molecule has 1 aliphatic rings. The van der Waals surface area contributed by atoms with Crippen LogP contribution in [-0.4, -0.2) is 19.3 Å². The summed E-state index contributed by atoms with van der Waals surface area (Å²) in [5, 5.41) is 8.20. The van der Waals surface area contributed by atoms with Crippen LogP contribution in [-0.2, 0) is 4.74 Å². The van der Waals surface area contributed by atoms with E-state index in [4.69, 9.17) is 4.74 Å². The SMILES string of the molecule is CCCNC(c1cscc1Br)C(OCC)C1CCCCC1. The van der Waals surface area contributed by atoms with Crippen molar-refractivity contribution in [1.82, 2.24) is 5.32 Å². The number of nitrogens with one attached hydrogen (secondary N) is 1. The fourth-order valence-electron chi connectivity index (χ4n) is 3.38. The summed E-state index contributed by atoms with van der Waals surface area (Å²) in [4.78, 5) is 0. The number of rotatable bonds is 8. The predicted molar refractivity (Wildman–Crippen MR) is 95.0 cm³/mol. The van der Waals surface area contributed by atoms with Crippen molar-refractivity contribution in [2.75, 3.05) is 13.2 Å². The highest BCUT2D eigenvalue weighted by Crippen LogP contribution is 2.37. The molecule has 0 radical (unpaired) electrons. The Morgan fingerprint density at radius 3 is 2.62 bits per heavy atom. The lowest BCUT2D eigenvalue weighted by Crippen LogP contribution is -2.40. The van der Waals surface area contributed by atoms with Gasteiger partial charge in [-0.1, -0.05) is 26.2 Å². The summed E-state index contributed by atoms with van der Waals surface area (Å²) in [7, 11) is 0. The maximum absolute atomic E-state index is 6.24. The summed E-state index contributed by atoms with van der Waals surface area (Å²) in [6.45, 7) is 6.19. The lowest BCUT2D eigenvalue weighted by molar-refractivity contribution is -0.0183. The van der Waals surface area contributed by atoms with Crippen LogP contribution in [0.15, 0.2) is 15.2 Å². The second kappa shape index (κ2) is 9.29. The minimum atomic E-state index is 0.299. The highest BCUT2D eigenvalue weighted by molar-refractivity contribution is 9.10. The number of thiophene rings is 1. The Hall–Kier alpha value is 0.1000. The fraction of sp³-hybridized carbons (Fsp3) is 0.765. The van der Waals surface area contributed by atoms with Crippen LogP contribution in [0.3, 0.4) is 0 Å². The number of hydrogen-bond acceptors (Lipinski definition) is 3. The van der Waals surface area contributed by atoms with Crippen LogP contribution < -0.4 is 5.32 Å². The first-order valence-corrected chi connectivity index (χ1v) is 10.1. The average Bonchev–Trinajstić information content (AvgIpc) is 2.93. The molecule has 0 spiro atoms. The molecule has 0 aliphatic heterocycles. The molecule has 1 aromatic heterocycles.